The van der Waals surface area contributed by atoms with E-state index in [1.165, 1.54) is 21.5 Å². The maximum Gasteiger partial charge on any atom is 0.137 e. The van der Waals surface area contributed by atoms with Crippen molar-refractivity contribution in [3.63, 3.8) is 0 Å². The summed E-state index contributed by atoms with van der Waals surface area (Å²) in [5.41, 5.74) is 13.6. The quantitative estimate of drug-likeness (QED) is 0.142. The van der Waals surface area contributed by atoms with E-state index >= 15 is 0 Å². The van der Waals surface area contributed by atoms with Crippen molar-refractivity contribution in [2.45, 2.75) is 91.7 Å². The van der Waals surface area contributed by atoms with Gasteiger partial charge in [-0.05, 0) is 120 Å². The van der Waals surface area contributed by atoms with Crippen molar-refractivity contribution < 1.29 is 11.6 Å². The van der Waals surface area contributed by atoms with Gasteiger partial charge in [0.1, 0.15) is 32.1 Å². The number of ether oxygens (including phenoxy) is 1. The molecule has 0 bridgehead atoms. The molecule has 74 heavy (non-hydrogen) atoms. The van der Waals surface area contributed by atoms with Crippen LogP contribution in [0.3, 0.4) is 0 Å². The predicted molar refractivity (Wildman–Crippen MR) is 317 cm³/mol. The molecule has 5 nitrogen and oxygen atoms in total. The van der Waals surface area contributed by atoms with Gasteiger partial charge in [0.05, 0.1) is 29.6 Å². The zero-order chi connectivity index (χ0) is 56.1. The van der Waals surface area contributed by atoms with Crippen LogP contribution < -0.4 is 29.8 Å². The third-order valence-corrected chi connectivity index (χ3v) is 18.4. The number of para-hydroxylation sites is 4. The van der Waals surface area contributed by atoms with E-state index in [1.807, 2.05) is 42.6 Å². The Morgan fingerprint density at radius 3 is 1.80 bits per heavy atom. The molecule has 11 rings (SSSR count). The summed E-state index contributed by atoms with van der Waals surface area (Å²) in [4.78, 5) is 11.8. The minimum atomic E-state index is -2.16. The third kappa shape index (κ3) is 9.00. The molecule has 0 saturated carbocycles. The lowest BCUT2D eigenvalue weighted by Crippen LogP contribution is -2.58. The molecular weight excluding hydrogens is 917 g/mol. The second kappa shape index (κ2) is 18.4. The van der Waals surface area contributed by atoms with Gasteiger partial charge in [0, 0.05) is 40.8 Å². The van der Waals surface area contributed by atoms with Crippen LogP contribution >= 0.6 is 0 Å². The summed E-state index contributed by atoms with van der Waals surface area (Å²) < 4.78 is 51.9. The maximum absolute atomic E-state index is 9.35. The molecule has 0 fully saturated rings. The van der Waals surface area contributed by atoms with Crippen molar-refractivity contribution in [1.82, 2.24) is 4.98 Å². The van der Waals surface area contributed by atoms with Gasteiger partial charge in [-0.2, -0.15) is 0 Å². The fourth-order valence-electron chi connectivity index (χ4n) is 10.7. The van der Waals surface area contributed by atoms with Crippen LogP contribution in [0, 0.1) is 0 Å². The van der Waals surface area contributed by atoms with Gasteiger partial charge in [-0.25, -0.2) is 4.98 Å². The fourth-order valence-corrected chi connectivity index (χ4v) is 13.7. The Bertz CT molecular complexity index is 3860. The van der Waals surface area contributed by atoms with Gasteiger partial charge in [0.25, 0.3) is 0 Å². The molecule has 9 aromatic rings. The number of nitrogens with zero attached hydrogens (tertiary/aromatic N) is 4. The molecular formula is C68H68N4OSi. The van der Waals surface area contributed by atoms with Crippen molar-refractivity contribution in [3.05, 3.63) is 217 Å². The Hall–Kier alpha value is -7.67. The van der Waals surface area contributed by atoms with Crippen LogP contribution in [-0.2, 0) is 16.2 Å². The van der Waals surface area contributed by atoms with Crippen molar-refractivity contribution in [2.24, 2.45) is 0 Å². The first-order valence-electron chi connectivity index (χ1n) is 28.3. The molecule has 2 aliphatic heterocycles. The van der Waals surface area contributed by atoms with E-state index in [-0.39, 0.29) is 46.0 Å². The molecule has 0 N–H and O–H groups in total. The van der Waals surface area contributed by atoms with Crippen molar-refractivity contribution in [2.75, 3.05) is 21.4 Å². The van der Waals surface area contributed by atoms with Crippen LogP contribution in [0.15, 0.2) is 200 Å². The Kier molecular flexibility index (Phi) is 10.6. The van der Waals surface area contributed by atoms with Gasteiger partial charge in [-0.1, -0.05) is 203 Å². The number of hydrogen-bond donors (Lipinski definition) is 0. The van der Waals surface area contributed by atoms with Crippen molar-refractivity contribution in [3.8, 4) is 44.9 Å². The summed E-state index contributed by atoms with van der Waals surface area (Å²) in [6, 6.07) is 55.9. The van der Waals surface area contributed by atoms with Crippen LogP contribution in [0.5, 0.6) is 11.5 Å². The average molecular weight is 990 g/mol. The molecule has 0 saturated heterocycles. The van der Waals surface area contributed by atoms with E-state index in [0.29, 0.717) is 23.7 Å². The molecule has 0 atom stereocenters. The van der Waals surface area contributed by atoms with Gasteiger partial charge in [-0.3, -0.25) is 4.90 Å². The van der Waals surface area contributed by atoms with Crippen LogP contribution in [0.1, 0.15) is 85.9 Å². The topological polar surface area (TPSA) is 31.8 Å². The van der Waals surface area contributed by atoms with Crippen LogP contribution in [-0.4, -0.2) is 19.7 Å². The molecule has 0 unspecified atom stereocenters. The van der Waals surface area contributed by atoms with Crippen molar-refractivity contribution >= 4 is 58.4 Å². The fraction of sp³-hybridized carbons (Fsp3) is 0.221. The Labute approximate surface area is 447 Å². The van der Waals surface area contributed by atoms with Gasteiger partial charge in [-0.15, -0.1) is 0 Å². The molecule has 0 amide bonds. The first-order chi connectivity index (χ1) is 37.4. The number of benzene rings is 8. The Morgan fingerprint density at radius 2 is 1.07 bits per heavy atom. The summed E-state index contributed by atoms with van der Waals surface area (Å²) in [7, 11) is -2.16. The molecule has 2 aliphatic rings. The molecule has 8 aromatic carbocycles. The monoisotopic (exact) mass is 990 g/mol. The lowest BCUT2D eigenvalue weighted by Gasteiger charge is -2.40. The lowest BCUT2D eigenvalue weighted by molar-refractivity contribution is 0.483. The minimum absolute atomic E-state index is 0.0563. The number of pyridine rings is 1. The summed E-state index contributed by atoms with van der Waals surface area (Å²) in [6.45, 7) is 25.3. The first kappa shape index (κ1) is 42.8. The van der Waals surface area contributed by atoms with E-state index in [0.717, 1.165) is 67.8 Å². The summed E-state index contributed by atoms with van der Waals surface area (Å²) in [6.07, 6.45) is 1.92. The number of anilines is 7. The van der Waals surface area contributed by atoms with Gasteiger partial charge in [0.15, 0.2) is 0 Å². The van der Waals surface area contributed by atoms with E-state index < -0.39 is 14.1 Å². The predicted octanol–water partition coefficient (Wildman–Crippen LogP) is 17.6. The van der Waals surface area contributed by atoms with Crippen LogP contribution in [0.4, 0.5) is 39.9 Å². The number of hydrogen-bond acceptors (Lipinski definition) is 5. The molecule has 0 radical (unpaired) electrons. The van der Waals surface area contributed by atoms with E-state index in [4.69, 9.17) is 13.8 Å². The number of fused-ring (bicyclic) bond motifs is 3. The van der Waals surface area contributed by atoms with Crippen molar-refractivity contribution in [1.29, 1.82) is 0 Å². The van der Waals surface area contributed by atoms with Gasteiger partial charge < -0.3 is 14.5 Å². The standard InChI is InChI=1S/C68H68N4OSi/c1-66(2,3)50-25-19-24-47(39-50)48-38-49(41-52(40-48)68(7,8)9)57-29-21-28-56(46-22-13-12-14-23-46)65(57)71-45-70(58-30-15-16-31-59(58)71)53-26-20-27-54(43-53)73-55-34-35-63-61(44-55)72(60-32-17-18-33-62(60)74(63,10)11)64-42-51(36-37-69-64)67(4,5)6/h12-44H,45H2,1-11H3/i12D,13D,14D,22D,23D. The van der Waals surface area contributed by atoms with Gasteiger partial charge in [0.2, 0.25) is 0 Å². The molecule has 0 spiro atoms. The molecule has 1 aromatic heterocycles. The summed E-state index contributed by atoms with van der Waals surface area (Å²) >= 11 is 0. The first-order valence-corrected chi connectivity index (χ1v) is 28.8. The third-order valence-electron chi connectivity index (χ3n) is 14.9. The van der Waals surface area contributed by atoms with Crippen LogP contribution in [0.2, 0.25) is 13.1 Å². The largest absolute Gasteiger partial charge is 0.457 e. The summed E-state index contributed by atoms with van der Waals surface area (Å²) in [5.74, 6) is 2.24. The summed E-state index contributed by atoms with van der Waals surface area (Å²) in [5, 5.41) is 2.67. The zero-order valence-electron chi connectivity index (χ0n) is 49.6. The highest BCUT2D eigenvalue weighted by Gasteiger charge is 2.40. The highest BCUT2D eigenvalue weighted by Crippen LogP contribution is 2.51. The van der Waals surface area contributed by atoms with Gasteiger partial charge >= 0.3 is 0 Å². The highest BCUT2D eigenvalue weighted by molar-refractivity contribution is 7.02. The molecule has 0 aliphatic carbocycles. The number of rotatable bonds is 8. The lowest BCUT2D eigenvalue weighted by atomic mass is 9.81. The zero-order valence-corrected chi connectivity index (χ0v) is 45.6. The highest BCUT2D eigenvalue weighted by atomic mass is 28.3. The molecule has 3 heterocycles. The SMILES string of the molecule is [2H]c1c([2H])c([2H])c(-c2cccc(-c3cc(-c4cccc(C(C)(C)C)c4)cc(C(C)(C)C)c3)c2N2CN(c3cccc(Oc4ccc5c(c4)N(c4cc(C(C)(C)C)ccn4)c4ccccc4[Si]5(C)C)c3)c3ccccc32)c([2H])c1[2H]. The molecule has 370 valence electrons. The Balaban J connectivity index is 1.03. The Morgan fingerprint density at radius 1 is 0.473 bits per heavy atom. The van der Waals surface area contributed by atoms with E-state index in [2.05, 4.69) is 218 Å². The number of aromatic nitrogens is 1. The van der Waals surface area contributed by atoms with E-state index in [9.17, 15) is 2.74 Å². The smallest absolute Gasteiger partial charge is 0.137 e. The van der Waals surface area contributed by atoms with E-state index in [1.54, 1.807) is 0 Å². The normalized spacial score (nSPS) is 15.1. The minimum Gasteiger partial charge on any atom is -0.457 e. The second-order valence-corrected chi connectivity index (χ2v) is 27.8. The second-order valence-electron chi connectivity index (χ2n) is 23.5. The average Bonchev–Trinajstić information content (AvgIpc) is 4.05. The maximum atomic E-state index is 9.35. The van der Waals surface area contributed by atoms with Crippen LogP contribution in [0.25, 0.3) is 33.4 Å². The molecule has 6 heteroatoms.